The van der Waals surface area contributed by atoms with Crippen LogP contribution in [0, 0.1) is 0 Å². The molecular formula is C18H10Cl2F6N6O4. The van der Waals surface area contributed by atoms with Crippen LogP contribution in [0.25, 0.3) is 22.1 Å². The summed E-state index contributed by atoms with van der Waals surface area (Å²) in [5.41, 5.74) is 1.70. The second-order valence-corrected chi connectivity index (χ2v) is 7.74. The summed E-state index contributed by atoms with van der Waals surface area (Å²) in [6.45, 7) is 0. The van der Waals surface area contributed by atoms with Crippen LogP contribution in [0.15, 0.2) is 31.3 Å². The zero-order valence-electron chi connectivity index (χ0n) is 17.0. The van der Waals surface area contributed by atoms with Crippen LogP contribution < -0.4 is 33.7 Å². The Labute approximate surface area is 201 Å². The molecular weight excluding hydrogens is 549 g/mol. The van der Waals surface area contributed by atoms with E-state index in [1.54, 1.807) is 0 Å². The summed E-state index contributed by atoms with van der Waals surface area (Å²) >= 11 is 11.3. The number of alkyl halides is 6. The summed E-state index contributed by atoms with van der Waals surface area (Å²) in [6, 6.07) is 1.21. The highest BCUT2D eigenvalue weighted by molar-refractivity contribution is 6.37. The fourth-order valence-corrected chi connectivity index (χ4v) is 3.46. The predicted molar refractivity (Wildman–Crippen MR) is 119 cm³/mol. The fraction of sp³-hybridized carbons (Fsp3) is 0.111. The van der Waals surface area contributed by atoms with E-state index in [0.29, 0.717) is 12.1 Å². The van der Waals surface area contributed by atoms with Gasteiger partial charge in [0.05, 0.1) is 54.6 Å². The molecule has 0 unspecified atom stereocenters. The molecule has 10 nitrogen and oxygen atoms in total. The number of hydrogen-bond donors (Lipinski definition) is 6. The zero-order chi connectivity index (χ0) is 27.3. The Hall–Kier alpha value is -3.92. The monoisotopic (exact) mass is 558 g/mol. The van der Waals surface area contributed by atoms with Crippen LogP contribution >= 0.6 is 23.2 Å². The number of fused-ring (bicyclic) bond motifs is 2. The van der Waals surface area contributed by atoms with E-state index in [2.05, 4.69) is 9.97 Å². The maximum atomic E-state index is 12.6. The Morgan fingerprint density at radius 1 is 0.611 bits per heavy atom. The molecule has 192 valence electrons. The van der Waals surface area contributed by atoms with E-state index in [4.69, 9.17) is 34.7 Å². The molecule has 8 N–H and O–H groups in total. The van der Waals surface area contributed by atoms with Crippen molar-refractivity contribution in [3.05, 3.63) is 74.7 Å². The molecule has 0 aliphatic heterocycles. The number of anilines is 2. The average Bonchev–Trinajstić information content (AvgIpc) is 2.75. The van der Waals surface area contributed by atoms with Crippen LogP contribution in [0.2, 0.25) is 10.0 Å². The predicted octanol–water partition coefficient (Wildman–Crippen LogP) is 2.94. The molecule has 4 aromatic rings. The van der Waals surface area contributed by atoms with Gasteiger partial charge in [0.15, 0.2) is 0 Å². The molecule has 18 heteroatoms. The van der Waals surface area contributed by atoms with Crippen LogP contribution in [-0.4, -0.2) is 19.9 Å². The molecule has 36 heavy (non-hydrogen) atoms. The lowest BCUT2D eigenvalue weighted by Crippen LogP contribution is -2.29. The van der Waals surface area contributed by atoms with Crippen LogP contribution in [0.5, 0.6) is 0 Å². The first kappa shape index (κ1) is 26.7. The lowest BCUT2D eigenvalue weighted by atomic mass is 10.1. The van der Waals surface area contributed by atoms with Crippen molar-refractivity contribution in [3.63, 3.8) is 0 Å². The molecule has 0 fully saturated rings. The number of H-pyrrole nitrogens is 4. The van der Waals surface area contributed by atoms with Gasteiger partial charge in [-0.3, -0.25) is 19.2 Å². The van der Waals surface area contributed by atoms with Gasteiger partial charge in [-0.25, -0.2) is 0 Å². The average molecular weight is 559 g/mol. The van der Waals surface area contributed by atoms with Crippen molar-refractivity contribution in [1.29, 1.82) is 0 Å². The largest absolute Gasteiger partial charge is 0.418 e. The van der Waals surface area contributed by atoms with Crippen molar-refractivity contribution in [3.8, 4) is 0 Å². The second-order valence-electron chi connectivity index (χ2n) is 6.96. The van der Waals surface area contributed by atoms with Gasteiger partial charge in [0.2, 0.25) is 0 Å². The highest BCUT2D eigenvalue weighted by Gasteiger charge is 2.35. The van der Waals surface area contributed by atoms with Crippen molar-refractivity contribution in [2.24, 2.45) is 0 Å². The smallest absolute Gasteiger partial charge is 0.397 e. The molecule has 0 radical (unpaired) electrons. The number of hydrogen-bond acceptors (Lipinski definition) is 6. The lowest BCUT2D eigenvalue weighted by Gasteiger charge is -2.12. The van der Waals surface area contributed by atoms with Gasteiger partial charge in [-0.05, 0) is 12.1 Å². The lowest BCUT2D eigenvalue weighted by molar-refractivity contribution is -0.137. The van der Waals surface area contributed by atoms with E-state index in [1.165, 1.54) is 0 Å². The quantitative estimate of drug-likeness (QED) is 0.109. The minimum atomic E-state index is -4.71. The maximum absolute atomic E-state index is 12.6. The van der Waals surface area contributed by atoms with Crippen molar-refractivity contribution in [2.75, 3.05) is 11.5 Å². The number of aromatic nitrogens is 4. The first-order chi connectivity index (χ1) is 16.4. The van der Waals surface area contributed by atoms with E-state index >= 15 is 0 Å². The van der Waals surface area contributed by atoms with Crippen LogP contribution in [-0.2, 0) is 12.4 Å². The topological polar surface area (TPSA) is 183 Å². The second kappa shape index (κ2) is 8.94. The minimum Gasteiger partial charge on any atom is -0.397 e. The molecule has 4 rings (SSSR count). The third-order valence-electron chi connectivity index (χ3n) is 4.61. The number of halogens is 8. The number of rotatable bonds is 0. The van der Waals surface area contributed by atoms with Crippen molar-refractivity contribution >= 4 is 56.6 Å². The number of aromatic amines is 4. The molecule has 0 spiro atoms. The van der Waals surface area contributed by atoms with Gasteiger partial charge in [-0.15, -0.1) is 0 Å². The Bertz CT molecular complexity index is 1730. The first-order valence-electron chi connectivity index (χ1n) is 9.06. The normalized spacial score (nSPS) is 12.0. The van der Waals surface area contributed by atoms with Gasteiger partial charge in [0.25, 0.3) is 0 Å². The number of benzene rings is 2. The standard InChI is InChI=1S/2C9H5ClF3N3O2/c10-4-5(14)2(9(11,12)13)1-3-6(4)16-8(18)7(17)15-3;10-3-1-2(9(11,12)13)4(14)6-5(3)15-7(17)8(18)16-6/h2*1H,14H2,(H,15,17)(H,16,18). The molecule has 0 saturated heterocycles. The van der Waals surface area contributed by atoms with E-state index in [-0.39, 0.29) is 27.1 Å². The SMILES string of the molecule is Nc1c(C(F)(F)F)cc(Cl)c2[nH]c(=O)c(=O)[nH]c12.Nc1c(C(F)(F)F)cc2[nH]c(=O)c(=O)[nH]c2c1Cl. The van der Waals surface area contributed by atoms with Crippen molar-refractivity contribution < 1.29 is 26.3 Å². The summed E-state index contributed by atoms with van der Waals surface area (Å²) in [6.07, 6.45) is -9.43. The maximum Gasteiger partial charge on any atom is 0.418 e. The van der Waals surface area contributed by atoms with Gasteiger partial charge < -0.3 is 31.4 Å². The Kier molecular flexibility index (Phi) is 6.63. The van der Waals surface area contributed by atoms with E-state index in [9.17, 15) is 45.5 Å². The molecule has 2 aromatic carbocycles. The minimum absolute atomic E-state index is 0.147. The van der Waals surface area contributed by atoms with Crippen molar-refractivity contribution in [2.45, 2.75) is 12.4 Å². The van der Waals surface area contributed by atoms with Crippen LogP contribution in [0.4, 0.5) is 37.7 Å². The Morgan fingerprint density at radius 2 is 1.03 bits per heavy atom. The number of nitrogens with one attached hydrogen (secondary N) is 4. The van der Waals surface area contributed by atoms with Gasteiger partial charge in [-0.2, -0.15) is 26.3 Å². The molecule has 0 atom stereocenters. The fourth-order valence-electron chi connectivity index (χ4n) is 2.96. The van der Waals surface area contributed by atoms with E-state index in [1.807, 2.05) is 9.97 Å². The van der Waals surface area contributed by atoms with Gasteiger partial charge in [0.1, 0.15) is 0 Å². The summed E-state index contributed by atoms with van der Waals surface area (Å²) in [5, 5.41) is -0.826. The van der Waals surface area contributed by atoms with Gasteiger partial charge >= 0.3 is 34.6 Å². The van der Waals surface area contributed by atoms with E-state index in [0.717, 1.165) is 0 Å². The summed E-state index contributed by atoms with van der Waals surface area (Å²) in [7, 11) is 0. The first-order valence-corrected chi connectivity index (χ1v) is 9.82. The third kappa shape index (κ3) is 4.90. The number of nitrogens with two attached hydrogens (primary N) is 2. The zero-order valence-corrected chi connectivity index (χ0v) is 18.5. The third-order valence-corrected chi connectivity index (χ3v) is 5.30. The molecule has 0 saturated carbocycles. The summed E-state index contributed by atoms with van der Waals surface area (Å²) in [5.74, 6) is 0. The van der Waals surface area contributed by atoms with Crippen LogP contribution in [0.3, 0.4) is 0 Å². The highest BCUT2D eigenvalue weighted by atomic mass is 35.5. The summed E-state index contributed by atoms with van der Waals surface area (Å²) in [4.78, 5) is 52.3. The van der Waals surface area contributed by atoms with E-state index < -0.39 is 62.1 Å². The highest BCUT2D eigenvalue weighted by Crippen LogP contribution is 2.40. The summed E-state index contributed by atoms with van der Waals surface area (Å²) < 4.78 is 75.8. The van der Waals surface area contributed by atoms with Gasteiger partial charge in [-0.1, -0.05) is 23.2 Å². The molecule has 0 aliphatic rings. The molecule has 0 aliphatic carbocycles. The van der Waals surface area contributed by atoms with Crippen molar-refractivity contribution in [1.82, 2.24) is 19.9 Å². The Balaban J connectivity index is 0.000000201. The Morgan fingerprint density at radius 3 is 1.53 bits per heavy atom. The molecule has 2 heterocycles. The van der Waals surface area contributed by atoms with Crippen LogP contribution in [0.1, 0.15) is 11.1 Å². The van der Waals surface area contributed by atoms with Gasteiger partial charge in [0, 0.05) is 0 Å². The number of nitrogen functional groups attached to an aromatic ring is 2. The molecule has 2 aromatic heterocycles. The molecule has 0 amide bonds. The molecule has 0 bridgehead atoms.